The summed E-state index contributed by atoms with van der Waals surface area (Å²) in [6.07, 6.45) is 4.59. The zero-order valence-corrected chi connectivity index (χ0v) is 17.1. The highest BCUT2D eigenvalue weighted by molar-refractivity contribution is 5.94. The second-order valence-electron chi connectivity index (χ2n) is 7.68. The first-order valence-corrected chi connectivity index (χ1v) is 10.5. The lowest BCUT2D eigenvalue weighted by molar-refractivity contribution is -0.128. The van der Waals surface area contributed by atoms with E-state index in [0.717, 1.165) is 43.4 Å². The van der Waals surface area contributed by atoms with Crippen molar-refractivity contribution in [2.45, 2.75) is 52.1 Å². The van der Waals surface area contributed by atoms with Crippen molar-refractivity contribution in [3.63, 3.8) is 0 Å². The van der Waals surface area contributed by atoms with Crippen LogP contribution in [0.25, 0.3) is 0 Å². The molecule has 2 aromatic rings. The third-order valence-corrected chi connectivity index (χ3v) is 5.32. The van der Waals surface area contributed by atoms with Crippen LogP contribution in [0.1, 0.15) is 60.5 Å². The summed E-state index contributed by atoms with van der Waals surface area (Å²) in [4.78, 5) is 28.8. The molecule has 0 spiro atoms. The molecule has 0 saturated carbocycles. The molecule has 29 heavy (non-hydrogen) atoms. The number of unbranched alkanes of at least 4 members (excludes halogenated alkanes) is 2. The SMILES string of the molecule is CCCCCN(Cc1ccc(F)cc1)C(=O)c1cccc(CN2CCCC2=O)c1. The first kappa shape index (κ1) is 21.0. The molecule has 2 amide bonds. The summed E-state index contributed by atoms with van der Waals surface area (Å²) in [7, 11) is 0. The molecule has 0 aliphatic carbocycles. The van der Waals surface area contributed by atoms with Crippen LogP contribution in [0.15, 0.2) is 48.5 Å². The number of carbonyl (C=O) groups excluding carboxylic acids is 2. The zero-order valence-electron chi connectivity index (χ0n) is 17.1. The Kier molecular flexibility index (Phi) is 7.39. The zero-order chi connectivity index (χ0) is 20.6. The van der Waals surface area contributed by atoms with Crippen LogP contribution in [0.5, 0.6) is 0 Å². The Morgan fingerprint density at radius 2 is 1.90 bits per heavy atom. The molecule has 0 aromatic heterocycles. The Balaban J connectivity index is 1.74. The van der Waals surface area contributed by atoms with Gasteiger partial charge in [-0.15, -0.1) is 0 Å². The summed E-state index contributed by atoms with van der Waals surface area (Å²) in [6, 6.07) is 13.9. The molecule has 4 nitrogen and oxygen atoms in total. The van der Waals surface area contributed by atoms with Crippen LogP contribution in [-0.4, -0.2) is 34.7 Å². The minimum absolute atomic E-state index is 0.0278. The second kappa shape index (κ2) is 10.2. The number of hydrogen-bond donors (Lipinski definition) is 0. The molecule has 0 radical (unpaired) electrons. The molecular weight excluding hydrogens is 367 g/mol. The highest BCUT2D eigenvalue weighted by Crippen LogP contribution is 2.17. The Bertz CT molecular complexity index is 835. The fourth-order valence-corrected chi connectivity index (χ4v) is 3.69. The van der Waals surface area contributed by atoms with Crippen molar-refractivity contribution in [1.82, 2.24) is 9.80 Å². The van der Waals surface area contributed by atoms with Crippen molar-refractivity contribution in [2.75, 3.05) is 13.1 Å². The van der Waals surface area contributed by atoms with E-state index in [1.807, 2.05) is 34.1 Å². The van der Waals surface area contributed by atoms with Gasteiger partial charge in [0.1, 0.15) is 5.82 Å². The normalized spacial score (nSPS) is 13.7. The van der Waals surface area contributed by atoms with Crippen LogP contribution in [0.2, 0.25) is 0 Å². The summed E-state index contributed by atoms with van der Waals surface area (Å²) in [5, 5.41) is 0. The van der Waals surface area contributed by atoms with Gasteiger partial charge in [-0.3, -0.25) is 9.59 Å². The Morgan fingerprint density at radius 3 is 2.59 bits per heavy atom. The molecule has 1 aliphatic rings. The van der Waals surface area contributed by atoms with Gasteiger partial charge in [-0.25, -0.2) is 4.39 Å². The molecule has 1 heterocycles. The number of rotatable bonds is 9. The van der Waals surface area contributed by atoms with Gasteiger partial charge in [-0.05, 0) is 48.2 Å². The van der Waals surface area contributed by atoms with E-state index in [1.165, 1.54) is 12.1 Å². The van der Waals surface area contributed by atoms with Crippen LogP contribution in [0, 0.1) is 5.82 Å². The Labute approximate surface area is 172 Å². The second-order valence-corrected chi connectivity index (χ2v) is 7.68. The van der Waals surface area contributed by atoms with Crippen molar-refractivity contribution in [3.05, 3.63) is 71.0 Å². The molecule has 1 saturated heterocycles. The molecule has 5 heteroatoms. The topological polar surface area (TPSA) is 40.6 Å². The van der Waals surface area contributed by atoms with Crippen LogP contribution < -0.4 is 0 Å². The molecule has 3 rings (SSSR count). The van der Waals surface area contributed by atoms with E-state index in [2.05, 4.69) is 6.92 Å². The largest absolute Gasteiger partial charge is 0.338 e. The van der Waals surface area contributed by atoms with Gasteiger partial charge in [0.25, 0.3) is 5.91 Å². The first-order valence-electron chi connectivity index (χ1n) is 10.5. The van der Waals surface area contributed by atoms with Crippen molar-refractivity contribution in [1.29, 1.82) is 0 Å². The van der Waals surface area contributed by atoms with Gasteiger partial charge < -0.3 is 9.80 Å². The van der Waals surface area contributed by atoms with Crippen LogP contribution >= 0.6 is 0 Å². The molecule has 0 bridgehead atoms. The van der Waals surface area contributed by atoms with Gasteiger partial charge in [-0.1, -0.05) is 44.0 Å². The predicted octanol–water partition coefficient (Wildman–Crippen LogP) is 4.78. The van der Waals surface area contributed by atoms with Crippen LogP contribution in [0.4, 0.5) is 4.39 Å². The molecule has 0 atom stereocenters. The summed E-state index contributed by atoms with van der Waals surface area (Å²) >= 11 is 0. The van der Waals surface area contributed by atoms with Gasteiger partial charge in [0, 0.05) is 38.2 Å². The third kappa shape index (κ3) is 5.89. The quantitative estimate of drug-likeness (QED) is 0.572. The van der Waals surface area contributed by atoms with E-state index in [0.29, 0.717) is 31.6 Å². The van der Waals surface area contributed by atoms with Crippen molar-refractivity contribution >= 4 is 11.8 Å². The van der Waals surface area contributed by atoms with Gasteiger partial charge in [0.2, 0.25) is 5.91 Å². The Morgan fingerprint density at radius 1 is 1.10 bits per heavy atom. The molecule has 154 valence electrons. The van der Waals surface area contributed by atoms with Gasteiger partial charge in [0.05, 0.1) is 0 Å². The maximum absolute atomic E-state index is 13.2. The van der Waals surface area contributed by atoms with Gasteiger partial charge >= 0.3 is 0 Å². The van der Waals surface area contributed by atoms with Crippen molar-refractivity contribution in [3.8, 4) is 0 Å². The maximum atomic E-state index is 13.2. The fourth-order valence-electron chi connectivity index (χ4n) is 3.69. The fraction of sp³-hybridized carbons (Fsp3) is 0.417. The van der Waals surface area contributed by atoms with E-state index < -0.39 is 0 Å². The molecular formula is C24H29FN2O2. The number of likely N-dealkylation sites (tertiary alicyclic amines) is 1. The maximum Gasteiger partial charge on any atom is 0.254 e. The predicted molar refractivity (Wildman–Crippen MR) is 112 cm³/mol. The summed E-state index contributed by atoms with van der Waals surface area (Å²) in [6.45, 7) is 4.59. The standard InChI is InChI=1S/C24H29FN2O2/c1-2-3-4-14-27(17-19-10-12-22(25)13-11-19)24(29)21-8-5-7-20(16-21)18-26-15-6-9-23(26)28/h5,7-8,10-13,16H,2-4,6,9,14-15,17-18H2,1H3. The number of halogens is 1. The smallest absolute Gasteiger partial charge is 0.254 e. The average Bonchev–Trinajstić information content (AvgIpc) is 3.13. The van der Waals surface area contributed by atoms with Crippen molar-refractivity contribution in [2.24, 2.45) is 0 Å². The van der Waals surface area contributed by atoms with E-state index in [1.54, 1.807) is 12.1 Å². The highest BCUT2D eigenvalue weighted by atomic mass is 19.1. The third-order valence-electron chi connectivity index (χ3n) is 5.32. The lowest BCUT2D eigenvalue weighted by Gasteiger charge is -2.24. The molecule has 1 fully saturated rings. The lowest BCUT2D eigenvalue weighted by atomic mass is 10.1. The highest BCUT2D eigenvalue weighted by Gasteiger charge is 2.21. The van der Waals surface area contributed by atoms with E-state index in [-0.39, 0.29) is 17.6 Å². The summed E-state index contributed by atoms with van der Waals surface area (Å²) in [5.74, 6) is -0.124. The molecule has 1 aliphatic heterocycles. The van der Waals surface area contributed by atoms with E-state index in [9.17, 15) is 14.0 Å². The average molecular weight is 397 g/mol. The first-order chi connectivity index (χ1) is 14.1. The summed E-state index contributed by atoms with van der Waals surface area (Å²) < 4.78 is 13.2. The molecule has 0 N–H and O–H groups in total. The lowest BCUT2D eigenvalue weighted by Crippen LogP contribution is -2.32. The monoisotopic (exact) mass is 396 g/mol. The van der Waals surface area contributed by atoms with E-state index >= 15 is 0 Å². The van der Waals surface area contributed by atoms with Crippen LogP contribution in [-0.2, 0) is 17.9 Å². The van der Waals surface area contributed by atoms with E-state index in [4.69, 9.17) is 0 Å². The number of carbonyl (C=O) groups is 2. The number of amides is 2. The Hall–Kier alpha value is -2.69. The van der Waals surface area contributed by atoms with Crippen LogP contribution in [0.3, 0.4) is 0 Å². The summed E-state index contributed by atoms with van der Waals surface area (Å²) in [5.41, 5.74) is 2.52. The molecule has 0 unspecified atom stereocenters. The minimum Gasteiger partial charge on any atom is -0.338 e. The number of benzene rings is 2. The van der Waals surface area contributed by atoms with Gasteiger partial charge in [-0.2, -0.15) is 0 Å². The van der Waals surface area contributed by atoms with Gasteiger partial charge in [0.15, 0.2) is 0 Å². The van der Waals surface area contributed by atoms with Crippen molar-refractivity contribution < 1.29 is 14.0 Å². The number of hydrogen-bond acceptors (Lipinski definition) is 2. The molecule has 2 aromatic carbocycles. The number of nitrogens with zero attached hydrogens (tertiary/aromatic N) is 2. The minimum atomic E-state index is -0.276.